The van der Waals surface area contributed by atoms with Crippen LogP contribution in [0.25, 0.3) is 0 Å². The minimum Gasteiger partial charge on any atom is -0.462 e. The van der Waals surface area contributed by atoms with E-state index in [-0.39, 0.29) is 25.2 Å². The molecule has 5 heteroatoms. The van der Waals surface area contributed by atoms with Crippen molar-refractivity contribution in [3.8, 4) is 0 Å². The zero-order valence-electron chi connectivity index (χ0n) is 32.0. The summed E-state index contributed by atoms with van der Waals surface area (Å²) in [6.07, 6.45) is 46.7. The molecule has 0 bridgehead atoms. The van der Waals surface area contributed by atoms with Crippen LogP contribution < -0.4 is 0 Å². The Morgan fingerprint density at radius 1 is 0.458 bits per heavy atom. The molecule has 0 fully saturated rings. The van der Waals surface area contributed by atoms with E-state index < -0.39 is 6.10 Å². The second-order valence-electron chi connectivity index (χ2n) is 14.1. The van der Waals surface area contributed by atoms with E-state index in [0.717, 1.165) is 38.5 Å². The van der Waals surface area contributed by atoms with Gasteiger partial charge < -0.3 is 14.6 Å². The van der Waals surface area contributed by atoms with Crippen LogP contribution >= 0.6 is 0 Å². The van der Waals surface area contributed by atoms with Gasteiger partial charge in [0.2, 0.25) is 0 Å². The van der Waals surface area contributed by atoms with Crippen LogP contribution in [0.1, 0.15) is 219 Å². The van der Waals surface area contributed by atoms with E-state index in [1.165, 1.54) is 154 Å². The normalized spacial score (nSPS) is 12.3. The Hall–Kier alpha value is -1.62. The number of aliphatic hydroxyl groups is 1. The van der Waals surface area contributed by atoms with E-state index in [2.05, 4.69) is 38.2 Å². The number of carbonyl (C=O) groups is 2. The third kappa shape index (κ3) is 37.2. The van der Waals surface area contributed by atoms with Crippen molar-refractivity contribution in [1.29, 1.82) is 0 Å². The van der Waals surface area contributed by atoms with Gasteiger partial charge in [-0.2, -0.15) is 0 Å². The van der Waals surface area contributed by atoms with Gasteiger partial charge in [-0.1, -0.05) is 167 Å². The highest BCUT2D eigenvalue weighted by Crippen LogP contribution is 2.14. The maximum absolute atomic E-state index is 12.2. The zero-order valence-corrected chi connectivity index (χ0v) is 32.0. The molecule has 0 aromatic rings. The average molecular weight is 677 g/mol. The maximum atomic E-state index is 12.2. The van der Waals surface area contributed by atoms with Crippen molar-refractivity contribution in [3.63, 3.8) is 0 Å². The lowest BCUT2D eigenvalue weighted by Crippen LogP contribution is -2.28. The largest absolute Gasteiger partial charge is 0.462 e. The lowest BCUT2D eigenvalue weighted by molar-refractivity contribution is -0.161. The molecule has 0 heterocycles. The minimum absolute atomic E-state index is 0.0668. The number of unbranched alkanes of at least 4 members (excludes halogenated alkanes) is 26. The third-order valence-electron chi connectivity index (χ3n) is 9.22. The highest BCUT2D eigenvalue weighted by molar-refractivity contribution is 5.70. The molecule has 48 heavy (non-hydrogen) atoms. The molecule has 0 radical (unpaired) electrons. The standard InChI is InChI=1S/C43H80O5/c1-3-5-7-9-11-13-15-17-19-21-23-25-27-29-31-33-35-37-42(45)47-40-41(39-44)48-43(46)38-36-34-32-30-28-26-24-22-20-18-16-14-12-10-8-6-4-2/h17-20,41,44H,3-16,21-40H2,1-2H3/b19-17-,20-18-. The van der Waals surface area contributed by atoms with Crippen molar-refractivity contribution in [2.24, 2.45) is 0 Å². The molecule has 1 unspecified atom stereocenters. The van der Waals surface area contributed by atoms with Crippen molar-refractivity contribution < 1.29 is 24.2 Å². The van der Waals surface area contributed by atoms with Crippen molar-refractivity contribution in [3.05, 3.63) is 24.3 Å². The Morgan fingerprint density at radius 3 is 1.12 bits per heavy atom. The number of carbonyl (C=O) groups excluding carboxylic acids is 2. The monoisotopic (exact) mass is 677 g/mol. The Morgan fingerprint density at radius 2 is 0.771 bits per heavy atom. The zero-order chi connectivity index (χ0) is 35.0. The predicted molar refractivity (Wildman–Crippen MR) is 205 cm³/mol. The molecule has 0 rings (SSSR count). The van der Waals surface area contributed by atoms with E-state index in [9.17, 15) is 14.7 Å². The first-order chi connectivity index (χ1) is 23.6. The fourth-order valence-corrected chi connectivity index (χ4v) is 6.01. The van der Waals surface area contributed by atoms with Gasteiger partial charge in [0.1, 0.15) is 6.61 Å². The molecule has 0 saturated heterocycles. The summed E-state index contributed by atoms with van der Waals surface area (Å²) in [6, 6.07) is 0. The molecule has 0 aliphatic carbocycles. The van der Waals surface area contributed by atoms with Crippen molar-refractivity contribution in [1.82, 2.24) is 0 Å². The topological polar surface area (TPSA) is 72.8 Å². The summed E-state index contributed by atoms with van der Waals surface area (Å²) in [5.74, 6) is -0.594. The van der Waals surface area contributed by atoms with Crippen LogP contribution in [0.2, 0.25) is 0 Å². The van der Waals surface area contributed by atoms with Gasteiger partial charge in [-0.25, -0.2) is 0 Å². The smallest absolute Gasteiger partial charge is 0.306 e. The second-order valence-corrected chi connectivity index (χ2v) is 14.1. The molecule has 0 aromatic heterocycles. The lowest BCUT2D eigenvalue weighted by Gasteiger charge is -2.15. The molecular weight excluding hydrogens is 596 g/mol. The molecule has 0 spiro atoms. The second kappa shape index (κ2) is 39.8. The molecule has 282 valence electrons. The van der Waals surface area contributed by atoms with Crippen LogP contribution in [0.5, 0.6) is 0 Å². The van der Waals surface area contributed by atoms with Gasteiger partial charge in [0.15, 0.2) is 6.10 Å². The summed E-state index contributed by atoms with van der Waals surface area (Å²) < 4.78 is 10.6. The molecule has 0 aliphatic heterocycles. The first-order valence-electron chi connectivity index (χ1n) is 20.9. The van der Waals surface area contributed by atoms with Gasteiger partial charge >= 0.3 is 11.9 Å². The Balaban J connectivity index is 3.53. The fraction of sp³-hybridized carbons (Fsp3) is 0.860. The van der Waals surface area contributed by atoms with E-state index in [1.807, 2.05) is 0 Å². The summed E-state index contributed by atoms with van der Waals surface area (Å²) in [5, 5.41) is 9.56. The molecule has 0 aromatic carbocycles. The minimum atomic E-state index is -0.772. The number of ether oxygens (including phenoxy) is 2. The quantitative estimate of drug-likeness (QED) is 0.0400. The van der Waals surface area contributed by atoms with E-state index in [0.29, 0.717) is 12.8 Å². The number of allylic oxidation sites excluding steroid dienone is 4. The van der Waals surface area contributed by atoms with Gasteiger partial charge in [-0.05, 0) is 64.2 Å². The highest BCUT2D eigenvalue weighted by Gasteiger charge is 2.16. The SMILES string of the molecule is CCCCCCCC/C=C\CCCCCCCCCC(=O)OCC(CO)OC(=O)CCCCCCCCC/C=C\CCCCCCCC. The summed E-state index contributed by atoms with van der Waals surface area (Å²) in [6.45, 7) is 4.13. The summed E-state index contributed by atoms with van der Waals surface area (Å²) in [4.78, 5) is 24.3. The molecule has 0 aliphatic rings. The summed E-state index contributed by atoms with van der Waals surface area (Å²) >= 11 is 0. The van der Waals surface area contributed by atoms with Crippen LogP contribution in [0.15, 0.2) is 24.3 Å². The number of aliphatic hydroxyl groups excluding tert-OH is 1. The van der Waals surface area contributed by atoms with Crippen molar-refractivity contribution in [2.75, 3.05) is 13.2 Å². The van der Waals surface area contributed by atoms with Crippen LogP contribution in [-0.2, 0) is 19.1 Å². The van der Waals surface area contributed by atoms with Crippen LogP contribution in [0.3, 0.4) is 0 Å². The average Bonchev–Trinajstić information content (AvgIpc) is 3.09. The fourth-order valence-electron chi connectivity index (χ4n) is 6.01. The van der Waals surface area contributed by atoms with Crippen molar-refractivity contribution in [2.45, 2.75) is 225 Å². The third-order valence-corrected chi connectivity index (χ3v) is 9.22. The number of esters is 2. The first kappa shape index (κ1) is 46.4. The lowest BCUT2D eigenvalue weighted by atomic mass is 10.1. The highest BCUT2D eigenvalue weighted by atomic mass is 16.6. The molecular formula is C43H80O5. The van der Waals surface area contributed by atoms with Gasteiger partial charge in [0, 0.05) is 12.8 Å². The number of rotatable bonds is 38. The number of hydrogen-bond acceptors (Lipinski definition) is 5. The molecule has 0 saturated carbocycles. The molecule has 1 atom stereocenters. The van der Waals surface area contributed by atoms with Crippen LogP contribution in [0, 0.1) is 0 Å². The molecule has 0 amide bonds. The number of hydrogen-bond donors (Lipinski definition) is 1. The van der Waals surface area contributed by atoms with E-state index in [1.54, 1.807) is 0 Å². The Bertz CT molecular complexity index is 731. The van der Waals surface area contributed by atoms with Crippen molar-refractivity contribution >= 4 is 11.9 Å². The Labute approximate surface area is 298 Å². The van der Waals surface area contributed by atoms with Gasteiger partial charge in [-0.15, -0.1) is 0 Å². The van der Waals surface area contributed by atoms with Crippen LogP contribution in [0.4, 0.5) is 0 Å². The first-order valence-corrected chi connectivity index (χ1v) is 20.9. The van der Waals surface area contributed by atoms with Gasteiger partial charge in [-0.3, -0.25) is 9.59 Å². The molecule has 5 nitrogen and oxygen atoms in total. The summed E-state index contributed by atoms with van der Waals surface area (Å²) in [7, 11) is 0. The molecule has 1 N–H and O–H groups in total. The van der Waals surface area contributed by atoms with E-state index in [4.69, 9.17) is 9.47 Å². The van der Waals surface area contributed by atoms with Gasteiger partial charge in [0.05, 0.1) is 6.61 Å². The van der Waals surface area contributed by atoms with Gasteiger partial charge in [0.25, 0.3) is 0 Å². The van der Waals surface area contributed by atoms with Crippen LogP contribution in [-0.4, -0.2) is 36.4 Å². The van der Waals surface area contributed by atoms with E-state index >= 15 is 0 Å². The Kier molecular flexibility index (Phi) is 38.5. The maximum Gasteiger partial charge on any atom is 0.306 e. The summed E-state index contributed by atoms with van der Waals surface area (Å²) in [5.41, 5.74) is 0. The predicted octanol–water partition coefficient (Wildman–Crippen LogP) is 13.1.